The second-order valence-electron chi connectivity index (χ2n) is 16.4. The zero-order chi connectivity index (χ0) is 43.3. The fourth-order valence-corrected chi connectivity index (χ4v) is 10.1. The van der Waals surface area contributed by atoms with E-state index in [1.807, 2.05) is 66.9 Å². The summed E-state index contributed by atoms with van der Waals surface area (Å²) >= 11 is 1.50. The van der Waals surface area contributed by atoms with E-state index in [-0.39, 0.29) is 31.3 Å². The molecule has 2 aromatic carbocycles. The van der Waals surface area contributed by atoms with Gasteiger partial charge >= 0.3 is 6.03 Å². The Morgan fingerprint density at radius 3 is 2.46 bits per heavy atom. The van der Waals surface area contributed by atoms with Crippen LogP contribution in [-0.4, -0.2) is 91.9 Å². The smallest absolute Gasteiger partial charge is 0.468 e. The van der Waals surface area contributed by atoms with Crippen molar-refractivity contribution in [3.63, 3.8) is 0 Å². The highest BCUT2D eigenvalue weighted by Crippen LogP contribution is 2.38. The minimum absolute atomic E-state index is 0.0781. The molecule has 3 unspecified atom stereocenters. The number of carbonyl (C=O) groups excluding carboxylic acids is 3. The molecule has 4 amide bonds. The SMILES string of the molecule is COc1ccc(CN2CCCCCC=CCCC(C(=O)NS(=O)(=O)C3CC3)NC(=O)C3CC(Oc4cc(-c5nc(C(C)C)cs5)nc5c(C)c(OC)ccc45)C[N+]3C2=O)cc1. The number of allylic oxidation sites excluding steroid dienone is 2. The molecule has 14 nitrogen and oxygen atoms in total. The lowest BCUT2D eigenvalue weighted by Crippen LogP contribution is -2.58. The number of amides is 4. The van der Waals surface area contributed by atoms with Gasteiger partial charge in [-0.05, 0) is 87.6 Å². The third-order valence-corrected chi connectivity index (χ3v) is 14.3. The number of rotatable bonds is 11. The normalized spacial score (nSPS) is 21.0. The molecule has 1 aliphatic carbocycles. The Labute approximate surface area is 362 Å². The maximum atomic E-state index is 14.9. The Kier molecular flexibility index (Phi) is 13.9. The Bertz CT molecular complexity index is 2360. The molecular weight excluding hydrogens is 817 g/mol. The third kappa shape index (κ3) is 10.5. The summed E-state index contributed by atoms with van der Waals surface area (Å²) in [5, 5.41) is 5.75. The molecular formula is C45H56N6O8S2+. The van der Waals surface area contributed by atoms with Gasteiger partial charge in [0.1, 0.15) is 34.0 Å². The Morgan fingerprint density at radius 1 is 0.984 bits per heavy atom. The van der Waals surface area contributed by atoms with Crippen LogP contribution < -0.4 is 29.1 Å². The highest BCUT2D eigenvalue weighted by Gasteiger charge is 2.53. The molecule has 2 fully saturated rings. The number of carbonyl (C=O) groups is 3. The first-order chi connectivity index (χ1) is 29.3. The lowest BCUT2D eigenvalue weighted by atomic mass is 10.1. The van der Waals surface area contributed by atoms with Gasteiger partial charge in [-0.15, -0.1) is 11.3 Å². The number of aryl methyl sites for hydroxylation is 1. The van der Waals surface area contributed by atoms with E-state index in [2.05, 4.69) is 23.9 Å². The molecule has 16 heteroatoms. The van der Waals surface area contributed by atoms with Gasteiger partial charge in [0, 0.05) is 28.9 Å². The minimum atomic E-state index is -3.87. The van der Waals surface area contributed by atoms with Gasteiger partial charge in [-0.2, -0.15) is 0 Å². The van der Waals surface area contributed by atoms with E-state index < -0.39 is 45.3 Å². The quantitative estimate of drug-likeness (QED) is 0.117. The molecule has 3 atom stereocenters. The number of nitrogens with zero attached hydrogens (tertiary/aromatic N) is 4. The predicted octanol–water partition coefficient (Wildman–Crippen LogP) is 7.09. The fourth-order valence-electron chi connectivity index (χ4n) is 7.82. The van der Waals surface area contributed by atoms with Crippen LogP contribution in [0.2, 0.25) is 0 Å². The van der Waals surface area contributed by atoms with Gasteiger partial charge in [-0.3, -0.25) is 19.2 Å². The Hall–Kier alpha value is -5.06. The van der Waals surface area contributed by atoms with Gasteiger partial charge in [-0.25, -0.2) is 23.2 Å². The van der Waals surface area contributed by atoms with E-state index in [1.54, 1.807) is 24.0 Å². The van der Waals surface area contributed by atoms with Crippen LogP contribution in [0.15, 0.2) is 60.0 Å². The van der Waals surface area contributed by atoms with Crippen molar-refractivity contribution in [3.05, 3.63) is 76.8 Å². The number of hydrogen-bond donors (Lipinski definition) is 2. The van der Waals surface area contributed by atoms with Crippen molar-refractivity contribution in [2.45, 2.75) is 114 Å². The molecule has 1 saturated carbocycles. The fraction of sp³-hybridized carbons (Fsp3) is 0.489. The number of urea groups is 1. The zero-order valence-corrected chi connectivity index (χ0v) is 37.1. The van der Waals surface area contributed by atoms with Crippen molar-refractivity contribution in [3.8, 4) is 28.0 Å². The number of ether oxygens (including phenoxy) is 3. The van der Waals surface area contributed by atoms with Gasteiger partial charge in [0.15, 0.2) is 12.6 Å². The summed E-state index contributed by atoms with van der Waals surface area (Å²) in [6.07, 6.45) is 8.49. The number of hydrogen-bond acceptors (Lipinski definition) is 11. The van der Waals surface area contributed by atoms with Crippen molar-refractivity contribution in [2.24, 2.45) is 0 Å². The maximum absolute atomic E-state index is 14.9. The summed E-state index contributed by atoms with van der Waals surface area (Å²) in [4.78, 5) is 56.3. The summed E-state index contributed by atoms with van der Waals surface area (Å²) in [5.74, 6) is 0.776. The molecule has 4 heterocycles. The van der Waals surface area contributed by atoms with Crippen LogP contribution >= 0.6 is 11.3 Å². The van der Waals surface area contributed by atoms with E-state index in [0.717, 1.165) is 52.9 Å². The molecule has 2 N–H and O–H groups in total. The highest BCUT2D eigenvalue weighted by molar-refractivity contribution is 7.90. The van der Waals surface area contributed by atoms with Crippen LogP contribution in [0, 0.1) is 6.92 Å². The lowest BCUT2D eigenvalue weighted by molar-refractivity contribution is -0.129. The lowest BCUT2D eigenvalue weighted by Gasteiger charge is -2.24. The zero-order valence-electron chi connectivity index (χ0n) is 35.5. The summed E-state index contributed by atoms with van der Waals surface area (Å²) in [5.41, 5.74) is 3.99. The molecule has 0 spiro atoms. The van der Waals surface area contributed by atoms with Gasteiger partial charge < -0.3 is 19.5 Å². The van der Waals surface area contributed by atoms with Crippen LogP contribution in [0.1, 0.15) is 94.4 Å². The molecule has 2 aromatic heterocycles. The topological polar surface area (TPSA) is 172 Å². The Balaban J connectivity index is 1.24. The van der Waals surface area contributed by atoms with Crippen molar-refractivity contribution in [2.75, 3.05) is 27.3 Å². The molecule has 1 saturated heterocycles. The molecule has 0 bridgehead atoms. The van der Waals surface area contributed by atoms with Crippen LogP contribution in [-0.2, 0) is 26.2 Å². The van der Waals surface area contributed by atoms with E-state index in [0.29, 0.717) is 60.8 Å². The number of nitrogens with one attached hydrogen (secondary N) is 2. The number of aromatic nitrogens is 2. The van der Waals surface area contributed by atoms with Gasteiger partial charge in [0.05, 0.1) is 43.6 Å². The maximum Gasteiger partial charge on any atom is 0.468 e. The van der Waals surface area contributed by atoms with E-state index in [4.69, 9.17) is 24.2 Å². The first-order valence-electron chi connectivity index (χ1n) is 21.1. The van der Waals surface area contributed by atoms with Crippen LogP contribution in [0.25, 0.3) is 21.6 Å². The number of benzene rings is 2. The summed E-state index contributed by atoms with van der Waals surface area (Å²) in [7, 11) is -0.654. The molecule has 4 aromatic rings. The number of methoxy groups -OCH3 is 2. The van der Waals surface area contributed by atoms with Crippen molar-refractivity contribution < 1.29 is 37.0 Å². The first kappa shape index (κ1) is 44.0. The average molecular weight is 873 g/mol. The minimum Gasteiger partial charge on any atom is -0.497 e. The first-order valence-corrected chi connectivity index (χ1v) is 23.6. The van der Waals surface area contributed by atoms with E-state index >= 15 is 0 Å². The number of pyridine rings is 1. The highest BCUT2D eigenvalue weighted by atomic mass is 32.2. The Morgan fingerprint density at radius 2 is 1.75 bits per heavy atom. The number of sulfonamides is 1. The largest absolute Gasteiger partial charge is 0.497 e. The molecule has 1 radical (unpaired) electrons. The number of thiazole rings is 1. The van der Waals surface area contributed by atoms with Crippen molar-refractivity contribution >= 4 is 50.1 Å². The second-order valence-corrected chi connectivity index (χ2v) is 19.2. The molecule has 3 aliphatic rings. The monoisotopic (exact) mass is 872 g/mol. The van der Waals surface area contributed by atoms with Crippen LogP contribution in [0.5, 0.6) is 17.2 Å². The second kappa shape index (κ2) is 19.3. The molecule has 325 valence electrons. The van der Waals surface area contributed by atoms with Crippen LogP contribution in [0.3, 0.4) is 0 Å². The van der Waals surface area contributed by atoms with Gasteiger partial charge in [0.2, 0.25) is 16.1 Å². The van der Waals surface area contributed by atoms with E-state index in [1.165, 1.54) is 11.3 Å². The summed E-state index contributed by atoms with van der Waals surface area (Å²) in [6, 6.07) is 10.7. The van der Waals surface area contributed by atoms with E-state index in [9.17, 15) is 22.8 Å². The molecule has 61 heavy (non-hydrogen) atoms. The number of fused-ring (bicyclic) bond motifs is 2. The van der Waals surface area contributed by atoms with Gasteiger partial charge in [-0.1, -0.05) is 49.5 Å². The summed E-state index contributed by atoms with van der Waals surface area (Å²) < 4.78 is 45.8. The predicted molar refractivity (Wildman–Crippen MR) is 236 cm³/mol. The standard InChI is InChI=1S/C45H56N6O8S2/c1-28(2)37-27-60-44(48-37)36-24-40(34-20-21-39(58-5)29(3)41(34)46-36)59-32-23-38-43(53)47-35(42(52)49-61(55,56)33-18-19-33)13-11-9-7-6-8-10-12-22-50(45(54)51(38)26-32)25-30-14-16-31(57-4)17-15-30/h7,9,14-17,20-21,24,27-28,32-33,35,38H,6,8,10-13,18-19,22-23,25-26H2,1-5H3,(H,47,53)(H,49,52)/q+1. The molecule has 2 aliphatic heterocycles. The average Bonchev–Trinajstić information content (AvgIpc) is 3.85. The van der Waals surface area contributed by atoms with Crippen molar-refractivity contribution in [1.82, 2.24) is 29.8 Å². The van der Waals surface area contributed by atoms with Crippen LogP contribution in [0.4, 0.5) is 4.79 Å². The van der Waals surface area contributed by atoms with Gasteiger partial charge in [0.25, 0.3) is 11.8 Å². The molecule has 7 rings (SSSR count). The third-order valence-electron chi connectivity index (χ3n) is 11.5. The summed E-state index contributed by atoms with van der Waals surface area (Å²) in [6.45, 7) is 6.96. The van der Waals surface area contributed by atoms with Crippen molar-refractivity contribution in [1.29, 1.82) is 0 Å².